The number of likely N-dealkylation sites (tertiary alicyclic amines) is 1. The number of methoxy groups -OCH3 is 1. The normalized spacial score (nSPS) is 16.0. The van der Waals surface area contributed by atoms with Crippen LogP contribution < -0.4 is 10.6 Å². The standard InChI is InChI=1S/C26H36N4O7/c1-26(2,3)37-25(35)27-11-8-21(31)28-18-9-13-29(14-10-18)22(32)17-6-7-19-20(16-17)24(34)30(23(19)33)12-5-15-36-4/h6-7,16,18H,5,8-15H2,1-4H3,(H,27,35)(H,28,31). The summed E-state index contributed by atoms with van der Waals surface area (Å²) in [6, 6.07) is 4.55. The molecule has 0 unspecified atom stereocenters. The Labute approximate surface area is 216 Å². The number of carbonyl (C=O) groups excluding carboxylic acids is 5. The van der Waals surface area contributed by atoms with Gasteiger partial charge in [0.05, 0.1) is 11.1 Å². The molecule has 1 aromatic carbocycles. The highest BCUT2D eigenvalue weighted by molar-refractivity contribution is 6.22. The maximum Gasteiger partial charge on any atom is 0.407 e. The van der Waals surface area contributed by atoms with Crippen molar-refractivity contribution < 1.29 is 33.4 Å². The SMILES string of the molecule is COCCCN1C(=O)c2ccc(C(=O)N3CCC(NC(=O)CCNC(=O)OC(C)(C)C)CC3)cc2C1=O. The lowest BCUT2D eigenvalue weighted by Crippen LogP contribution is -2.47. The van der Waals surface area contributed by atoms with E-state index in [4.69, 9.17) is 9.47 Å². The van der Waals surface area contributed by atoms with Gasteiger partial charge in [-0.3, -0.25) is 24.1 Å². The minimum Gasteiger partial charge on any atom is -0.444 e. The van der Waals surface area contributed by atoms with Crippen molar-refractivity contribution in [1.29, 1.82) is 0 Å². The molecule has 0 atom stereocenters. The summed E-state index contributed by atoms with van der Waals surface area (Å²) in [5.41, 5.74) is 0.306. The maximum atomic E-state index is 13.1. The van der Waals surface area contributed by atoms with Gasteiger partial charge in [0.25, 0.3) is 17.7 Å². The zero-order chi connectivity index (χ0) is 27.2. The van der Waals surface area contributed by atoms with E-state index in [9.17, 15) is 24.0 Å². The third kappa shape index (κ3) is 7.51. The number of amides is 5. The predicted molar refractivity (Wildman–Crippen MR) is 134 cm³/mol. The molecule has 0 spiro atoms. The maximum absolute atomic E-state index is 13.1. The molecule has 2 heterocycles. The number of hydrogen-bond donors (Lipinski definition) is 2. The number of carbonyl (C=O) groups is 5. The molecule has 1 fully saturated rings. The predicted octanol–water partition coefficient (Wildman–Crippen LogP) is 1.95. The summed E-state index contributed by atoms with van der Waals surface area (Å²) >= 11 is 0. The van der Waals surface area contributed by atoms with Crippen molar-refractivity contribution in [1.82, 2.24) is 20.4 Å². The van der Waals surface area contributed by atoms with Crippen LogP contribution >= 0.6 is 0 Å². The number of benzene rings is 1. The van der Waals surface area contributed by atoms with Gasteiger partial charge in [0, 0.05) is 57.9 Å². The van der Waals surface area contributed by atoms with E-state index in [1.807, 2.05) is 0 Å². The third-order valence-corrected chi connectivity index (χ3v) is 6.12. The number of nitrogens with zero attached hydrogens (tertiary/aromatic N) is 2. The van der Waals surface area contributed by atoms with E-state index in [1.54, 1.807) is 38.8 Å². The number of rotatable bonds is 9. The first-order chi connectivity index (χ1) is 17.5. The monoisotopic (exact) mass is 516 g/mol. The quantitative estimate of drug-likeness (QED) is 0.378. The summed E-state index contributed by atoms with van der Waals surface area (Å²) in [5.74, 6) is -1.15. The van der Waals surface area contributed by atoms with Gasteiger partial charge in [0.15, 0.2) is 0 Å². The minimum absolute atomic E-state index is 0.0713. The van der Waals surface area contributed by atoms with Crippen LogP contribution in [0.25, 0.3) is 0 Å². The number of alkyl carbamates (subject to hydrolysis) is 1. The molecule has 3 rings (SSSR count). The molecule has 1 aromatic rings. The van der Waals surface area contributed by atoms with Crippen LogP contribution in [-0.2, 0) is 14.3 Å². The van der Waals surface area contributed by atoms with Gasteiger partial charge in [-0.2, -0.15) is 0 Å². The smallest absolute Gasteiger partial charge is 0.407 e. The molecule has 2 aliphatic rings. The topological polar surface area (TPSA) is 134 Å². The lowest BCUT2D eigenvalue weighted by molar-refractivity contribution is -0.121. The van der Waals surface area contributed by atoms with Crippen molar-refractivity contribution in [2.24, 2.45) is 0 Å². The Morgan fingerprint density at radius 3 is 2.38 bits per heavy atom. The largest absolute Gasteiger partial charge is 0.444 e. The Balaban J connectivity index is 1.46. The van der Waals surface area contributed by atoms with Gasteiger partial charge in [-0.25, -0.2) is 4.79 Å². The lowest BCUT2D eigenvalue weighted by Gasteiger charge is -2.32. The van der Waals surface area contributed by atoms with Crippen LogP contribution in [0.4, 0.5) is 4.79 Å². The fourth-order valence-corrected chi connectivity index (χ4v) is 4.30. The van der Waals surface area contributed by atoms with Crippen LogP contribution in [0.2, 0.25) is 0 Å². The molecule has 0 bridgehead atoms. The first kappa shape index (κ1) is 28.1. The summed E-state index contributed by atoms with van der Waals surface area (Å²) in [7, 11) is 1.56. The molecule has 5 amide bonds. The molecule has 37 heavy (non-hydrogen) atoms. The van der Waals surface area contributed by atoms with E-state index in [0.29, 0.717) is 50.1 Å². The van der Waals surface area contributed by atoms with Crippen molar-refractivity contribution >= 4 is 29.7 Å². The number of piperidine rings is 1. The number of hydrogen-bond acceptors (Lipinski definition) is 7. The molecule has 2 aliphatic heterocycles. The van der Waals surface area contributed by atoms with Gasteiger partial charge in [-0.1, -0.05) is 0 Å². The fraction of sp³-hybridized carbons (Fsp3) is 0.577. The highest BCUT2D eigenvalue weighted by Gasteiger charge is 2.36. The number of fused-ring (bicyclic) bond motifs is 1. The Morgan fingerprint density at radius 2 is 1.73 bits per heavy atom. The van der Waals surface area contributed by atoms with Gasteiger partial charge >= 0.3 is 6.09 Å². The van der Waals surface area contributed by atoms with Crippen molar-refractivity contribution in [2.75, 3.05) is 39.9 Å². The zero-order valence-electron chi connectivity index (χ0n) is 21.9. The van der Waals surface area contributed by atoms with Crippen LogP contribution in [0, 0.1) is 0 Å². The second-order valence-corrected chi connectivity index (χ2v) is 10.2. The van der Waals surface area contributed by atoms with E-state index in [0.717, 1.165) is 0 Å². The van der Waals surface area contributed by atoms with Crippen LogP contribution in [0.1, 0.15) is 77.5 Å². The van der Waals surface area contributed by atoms with Crippen molar-refractivity contribution in [3.05, 3.63) is 34.9 Å². The van der Waals surface area contributed by atoms with E-state index in [-0.39, 0.29) is 48.8 Å². The van der Waals surface area contributed by atoms with E-state index < -0.39 is 17.6 Å². The molecule has 0 radical (unpaired) electrons. The Morgan fingerprint density at radius 1 is 1.05 bits per heavy atom. The Hall–Kier alpha value is -3.47. The molecule has 11 nitrogen and oxygen atoms in total. The molecule has 1 saturated heterocycles. The molecule has 0 aliphatic carbocycles. The summed E-state index contributed by atoms with van der Waals surface area (Å²) in [4.78, 5) is 65.2. The number of ether oxygens (including phenoxy) is 2. The van der Waals surface area contributed by atoms with Gasteiger partial charge in [-0.15, -0.1) is 0 Å². The highest BCUT2D eigenvalue weighted by atomic mass is 16.6. The first-order valence-electron chi connectivity index (χ1n) is 12.5. The average Bonchev–Trinajstić information content (AvgIpc) is 3.07. The molecule has 0 aromatic heterocycles. The first-order valence-corrected chi connectivity index (χ1v) is 12.5. The highest BCUT2D eigenvalue weighted by Crippen LogP contribution is 2.25. The van der Waals surface area contributed by atoms with Crippen LogP contribution in [-0.4, -0.2) is 91.1 Å². The molecule has 2 N–H and O–H groups in total. The molecule has 202 valence electrons. The summed E-state index contributed by atoms with van der Waals surface area (Å²) in [5, 5.41) is 5.50. The molecule has 11 heteroatoms. The van der Waals surface area contributed by atoms with E-state index in [1.165, 1.54) is 17.0 Å². The third-order valence-electron chi connectivity index (χ3n) is 6.12. The van der Waals surface area contributed by atoms with Gasteiger partial charge in [0.1, 0.15) is 5.60 Å². The Bertz CT molecular complexity index is 1040. The van der Waals surface area contributed by atoms with Crippen molar-refractivity contribution in [3.63, 3.8) is 0 Å². The van der Waals surface area contributed by atoms with Crippen molar-refractivity contribution in [2.45, 2.75) is 58.1 Å². The van der Waals surface area contributed by atoms with Crippen LogP contribution in [0.3, 0.4) is 0 Å². The summed E-state index contributed by atoms with van der Waals surface area (Å²) < 4.78 is 10.1. The molecular formula is C26H36N4O7. The van der Waals surface area contributed by atoms with Gasteiger partial charge < -0.3 is 25.0 Å². The lowest BCUT2D eigenvalue weighted by atomic mass is 10.0. The molecule has 0 saturated carbocycles. The Kier molecular flexibility index (Phi) is 9.25. The number of imide groups is 1. The van der Waals surface area contributed by atoms with Gasteiger partial charge in [0.2, 0.25) is 5.91 Å². The summed E-state index contributed by atoms with van der Waals surface area (Å²) in [6.45, 7) is 7.07. The van der Waals surface area contributed by atoms with Crippen molar-refractivity contribution in [3.8, 4) is 0 Å². The second-order valence-electron chi connectivity index (χ2n) is 10.2. The second kappa shape index (κ2) is 12.2. The van der Waals surface area contributed by atoms with Crippen LogP contribution in [0.15, 0.2) is 18.2 Å². The minimum atomic E-state index is -0.602. The zero-order valence-corrected chi connectivity index (χ0v) is 21.9. The number of nitrogens with one attached hydrogen (secondary N) is 2. The summed E-state index contributed by atoms with van der Waals surface area (Å²) in [6.07, 6.45) is 1.28. The average molecular weight is 517 g/mol. The fourth-order valence-electron chi connectivity index (χ4n) is 4.30. The van der Waals surface area contributed by atoms with E-state index in [2.05, 4.69) is 10.6 Å². The van der Waals surface area contributed by atoms with Crippen LogP contribution in [0.5, 0.6) is 0 Å². The van der Waals surface area contributed by atoms with Gasteiger partial charge in [-0.05, 0) is 58.2 Å². The molecular weight excluding hydrogens is 480 g/mol. The van der Waals surface area contributed by atoms with E-state index >= 15 is 0 Å².